The Labute approximate surface area is 96.0 Å². The fourth-order valence-electron chi connectivity index (χ4n) is 1.14. The summed E-state index contributed by atoms with van der Waals surface area (Å²) in [6, 6.07) is 4.77. The summed E-state index contributed by atoms with van der Waals surface area (Å²) in [5.41, 5.74) is 0.408. The van der Waals surface area contributed by atoms with Gasteiger partial charge in [-0.1, -0.05) is 23.2 Å². The fourth-order valence-corrected chi connectivity index (χ4v) is 1.50. The van der Waals surface area contributed by atoms with Gasteiger partial charge in [0.1, 0.15) is 6.61 Å². The number of cyclic esters (lactones) is 1. The number of carbonyl (C=O) groups is 1. The normalized spacial score (nSPS) is 15.3. The predicted molar refractivity (Wildman–Crippen MR) is 58.8 cm³/mol. The minimum atomic E-state index is -0.568. The Balaban J connectivity index is 2.43. The van der Waals surface area contributed by atoms with Crippen molar-refractivity contribution < 1.29 is 9.53 Å². The second kappa shape index (κ2) is 4.08. The SMILES string of the molecule is O=C1OCC=NN1c1cc(Cl)ccc1Cl. The predicted octanol–water partition coefficient (Wildman–Crippen LogP) is 2.94. The molecule has 0 bridgehead atoms. The van der Waals surface area contributed by atoms with Crippen LogP contribution in [0.2, 0.25) is 10.0 Å². The molecule has 0 saturated carbocycles. The van der Waals surface area contributed by atoms with Crippen molar-refractivity contribution in [3.05, 3.63) is 28.2 Å². The van der Waals surface area contributed by atoms with Gasteiger partial charge in [-0.3, -0.25) is 0 Å². The summed E-state index contributed by atoms with van der Waals surface area (Å²) in [4.78, 5) is 11.3. The van der Waals surface area contributed by atoms with Gasteiger partial charge in [0.05, 0.1) is 16.9 Å². The molecule has 0 aliphatic carbocycles. The average molecular weight is 245 g/mol. The summed E-state index contributed by atoms with van der Waals surface area (Å²) in [6.45, 7) is 0.174. The minimum Gasteiger partial charge on any atom is -0.442 e. The van der Waals surface area contributed by atoms with Crippen molar-refractivity contribution in [2.24, 2.45) is 5.10 Å². The quantitative estimate of drug-likeness (QED) is 0.763. The Hall–Kier alpha value is -1.26. The van der Waals surface area contributed by atoms with E-state index in [9.17, 15) is 4.79 Å². The minimum absolute atomic E-state index is 0.174. The molecule has 1 heterocycles. The molecule has 1 aromatic carbocycles. The Kier molecular flexibility index (Phi) is 2.79. The number of benzene rings is 1. The standard InChI is InChI=1S/C9H6Cl2N2O2/c10-6-1-2-7(11)8(5-6)13-9(14)15-4-3-12-13/h1-3,5H,4H2. The molecule has 1 aromatic rings. The van der Waals surface area contributed by atoms with E-state index in [1.807, 2.05) is 0 Å². The van der Waals surface area contributed by atoms with E-state index in [-0.39, 0.29) is 6.61 Å². The molecule has 78 valence electrons. The first-order valence-corrected chi connectivity index (χ1v) is 4.88. The highest BCUT2D eigenvalue weighted by atomic mass is 35.5. The number of halogens is 2. The molecule has 0 fully saturated rings. The molecule has 0 saturated heterocycles. The molecule has 6 heteroatoms. The summed E-state index contributed by atoms with van der Waals surface area (Å²) in [5, 5.41) is 5.80. The number of ether oxygens (including phenoxy) is 1. The van der Waals surface area contributed by atoms with Crippen LogP contribution in [0.25, 0.3) is 0 Å². The van der Waals surface area contributed by atoms with E-state index in [0.717, 1.165) is 5.01 Å². The van der Waals surface area contributed by atoms with E-state index < -0.39 is 6.09 Å². The maximum absolute atomic E-state index is 11.3. The zero-order valence-corrected chi connectivity index (χ0v) is 9.00. The van der Waals surface area contributed by atoms with Gasteiger partial charge >= 0.3 is 6.09 Å². The highest BCUT2D eigenvalue weighted by molar-refractivity contribution is 6.35. The van der Waals surface area contributed by atoms with Crippen molar-refractivity contribution in [1.82, 2.24) is 0 Å². The Morgan fingerprint density at radius 1 is 1.40 bits per heavy atom. The third kappa shape index (κ3) is 2.06. The molecule has 4 nitrogen and oxygen atoms in total. The zero-order chi connectivity index (χ0) is 10.8. The lowest BCUT2D eigenvalue weighted by molar-refractivity contribution is 0.167. The smallest absolute Gasteiger partial charge is 0.435 e. The maximum Gasteiger partial charge on any atom is 0.435 e. The summed E-state index contributed by atoms with van der Waals surface area (Å²) in [7, 11) is 0. The molecule has 0 unspecified atom stereocenters. The van der Waals surface area contributed by atoms with Crippen molar-refractivity contribution in [1.29, 1.82) is 0 Å². The zero-order valence-electron chi connectivity index (χ0n) is 7.48. The summed E-state index contributed by atoms with van der Waals surface area (Å²) >= 11 is 11.7. The van der Waals surface area contributed by atoms with Gasteiger partial charge < -0.3 is 4.74 Å². The number of amides is 1. The van der Waals surface area contributed by atoms with Crippen molar-refractivity contribution in [2.45, 2.75) is 0 Å². The van der Waals surface area contributed by atoms with Crippen LogP contribution in [0.15, 0.2) is 23.3 Å². The van der Waals surface area contributed by atoms with Crippen LogP contribution in [0.3, 0.4) is 0 Å². The van der Waals surface area contributed by atoms with Crippen molar-refractivity contribution in [3.63, 3.8) is 0 Å². The molecule has 0 spiro atoms. The van der Waals surface area contributed by atoms with Crippen LogP contribution in [-0.2, 0) is 4.74 Å². The van der Waals surface area contributed by atoms with Crippen molar-refractivity contribution in [2.75, 3.05) is 11.6 Å². The first-order chi connectivity index (χ1) is 7.18. The van der Waals surface area contributed by atoms with Gasteiger partial charge in [0.25, 0.3) is 0 Å². The molecule has 0 aromatic heterocycles. The third-order valence-corrected chi connectivity index (χ3v) is 2.34. The number of hydrogen-bond acceptors (Lipinski definition) is 3. The van der Waals surface area contributed by atoms with Gasteiger partial charge in [0, 0.05) is 5.02 Å². The van der Waals surface area contributed by atoms with Crippen LogP contribution >= 0.6 is 23.2 Å². The monoisotopic (exact) mass is 244 g/mol. The van der Waals surface area contributed by atoms with Crippen LogP contribution < -0.4 is 5.01 Å². The van der Waals surface area contributed by atoms with E-state index in [1.165, 1.54) is 6.21 Å². The highest BCUT2D eigenvalue weighted by Crippen LogP contribution is 2.30. The van der Waals surface area contributed by atoms with Gasteiger partial charge in [-0.15, -0.1) is 0 Å². The molecule has 1 aliphatic heterocycles. The lowest BCUT2D eigenvalue weighted by atomic mass is 10.3. The van der Waals surface area contributed by atoms with Gasteiger partial charge in [0.15, 0.2) is 0 Å². The molecule has 2 rings (SSSR count). The number of nitrogens with zero attached hydrogens (tertiary/aromatic N) is 2. The van der Waals surface area contributed by atoms with Gasteiger partial charge in [-0.25, -0.2) is 4.79 Å². The van der Waals surface area contributed by atoms with E-state index in [4.69, 9.17) is 27.9 Å². The topological polar surface area (TPSA) is 41.9 Å². The maximum atomic E-state index is 11.3. The van der Waals surface area contributed by atoms with E-state index in [1.54, 1.807) is 18.2 Å². The molecular weight excluding hydrogens is 239 g/mol. The molecular formula is C9H6Cl2N2O2. The second-order valence-electron chi connectivity index (χ2n) is 2.78. The first kappa shape index (κ1) is 10.3. The number of anilines is 1. The lowest BCUT2D eigenvalue weighted by Crippen LogP contribution is -2.31. The lowest BCUT2D eigenvalue weighted by Gasteiger charge is -2.20. The van der Waals surface area contributed by atoms with Gasteiger partial charge in [-0.2, -0.15) is 10.1 Å². The van der Waals surface area contributed by atoms with Crippen LogP contribution in [0.5, 0.6) is 0 Å². The van der Waals surface area contributed by atoms with Crippen molar-refractivity contribution >= 4 is 41.2 Å². The molecule has 0 N–H and O–H groups in total. The third-order valence-electron chi connectivity index (χ3n) is 1.79. The number of hydrazone groups is 1. The largest absolute Gasteiger partial charge is 0.442 e. The Morgan fingerprint density at radius 2 is 2.20 bits per heavy atom. The van der Waals surface area contributed by atoms with Crippen molar-refractivity contribution in [3.8, 4) is 0 Å². The molecule has 1 aliphatic rings. The Bertz CT molecular complexity index is 434. The van der Waals surface area contributed by atoms with Gasteiger partial charge in [-0.05, 0) is 18.2 Å². The number of hydrogen-bond donors (Lipinski definition) is 0. The Morgan fingerprint density at radius 3 is 2.93 bits per heavy atom. The summed E-state index contributed by atoms with van der Waals surface area (Å²) in [6.07, 6.45) is 0.903. The molecule has 0 atom stereocenters. The molecule has 0 radical (unpaired) electrons. The number of carbonyl (C=O) groups excluding carboxylic acids is 1. The van der Waals surface area contributed by atoms with Crippen LogP contribution in [-0.4, -0.2) is 18.9 Å². The van der Waals surface area contributed by atoms with Crippen LogP contribution in [0.4, 0.5) is 10.5 Å². The first-order valence-electron chi connectivity index (χ1n) is 4.13. The highest BCUT2D eigenvalue weighted by Gasteiger charge is 2.21. The average Bonchev–Trinajstić information content (AvgIpc) is 2.23. The van der Waals surface area contributed by atoms with E-state index in [0.29, 0.717) is 15.7 Å². The fraction of sp³-hybridized carbons (Fsp3) is 0.111. The second-order valence-corrected chi connectivity index (χ2v) is 3.63. The van der Waals surface area contributed by atoms with Crippen LogP contribution in [0.1, 0.15) is 0 Å². The van der Waals surface area contributed by atoms with E-state index in [2.05, 4.69) is 5.10 Å². The molecule has 15 heavy (non-hydrogen) atoms. The summed E-state index contributed by atoms with van der Waals surface area (Å²) in [5.74, 6) is 0. The van der Waals surface area contributed by atoms with Gasteiger partial charge in [0.2, 0.25) is 0 Å². The number of rotatable bonds is 1. The van der Waals surface area contributed by atoms with E-state index >= 15 is 0 Å². The summed E-state index contributed by atoms with van der Waals surface area (Å²) < 4.78 is 4.78. The van der Waals surface area contributed by atoms with Crippen LogP contribution in [0, 0.1) is 0 Å². The molecule has 1 amide bonds.